The van der Waals surface area contributed by atoms with Crippen LogP contribution in [0.4, 0.5) is 5.69 Å². The SMILES string of the molecule is CCc1cc(CNc2ccc(C)c(I)c2)n(C)n1. The summed E-state index contributed by atoms with van der Waals surface area (Å²) >= 11 is 2.36. The van der Waals surface area contributed by atoms with E-state index in [0.717, 1.165) is 24.3 Å². The van der Waals surface area contributed by atoms with Gasteiger partial charge in [0.25, 0.3) is 0 Å². The predicted molar refractivity (Wildman–Crippen MR) is 83.8 cm³/mol. The van der Waals surface area contributed by atoms with Crippen LogP contribution < -0.4 is 5.32 Å². The molecule has 0 bridgehead atoms. The molecule has 0 aliphatic heterocycles. The quantitative estimate of drug-likeness (QED) is 0.851. The molecule has 0 amide bonds. The molecule has 0 fully saturated rings. The number of hydrogen-bond acceptors (Lipinski definition) is 2. The molecule has 0 spiro atoms. The van der Waals surface area contributed by atoms with Crippen molar-refractivity contribution < 1.29 is 0 Å². The second-order valence-electron chi connectivity index (χ2n) is 4.42. The largest absolute Gasteiger partial charge is 0.379 e. The van der Waals surface area contributed by atoms with Gasteiger partial charge in [-0.15, -0.1) is 0 Å². The molecule has 0 radical (unpaired) electrons. The van der Waals surface area contributed by atoms with E-state index in [2.05, 4.69) is 71.1 Å². The van der Waals surface area contributed by atoms with Gasteiger partial charge in [0.15, 0.2) is 0 Å². The van der Waals surface area contributed by atoms with Crippen LogP contribution >= 0.6 is 22.6 Å². The lowest BCUT2D eigenvalue weighted by atomic mass is 10.2. The van der Waals surface area contributed by atoms with E-state index in [1.807, 2.05) is 11.7 Å². The van der Waals surface area contributed by atoms with Crippen molar-refractivity contribution in [1.29, 1.82) is 0 Å². The summed E-state index contributed by atoms with van der Waals surface area (Å²) in [6, 6.07) is 8.60. The van der Waals surface area contributed by atoms with E-state index < -0.39 is 0 Å². The number of benzene rings is 1. The molecule has 0 unspecified atom stereocenters. The summed E-state index contributed by atoms with van der Waals surface area (Å²) in [5.41, 5.74) is 4.83. The zero-order valence-corrected chi connectivity index (χ0v) is 13.2. The highest BCUT2D eigenvalue weighted by atomic mass is 127. The molecule has 2 aromatic rings. The van der Waals surface area contributed by atoms with Gasteiger partial charge in [-0.3, -0.25) is 4.68 Å². The van der Waals surface area contributed by atoms with Crippen LogP contribution in [0.2, 0.25) is 0 Å². The molecule has 18 heavy (non-hydrogen) atoms. The second kappa shape index (κ2) is 5.73. The van der Waals surface area contributed by atoms with Gasteiger partial charge >= 0.3 is 0 Å². The third-order valence-electron chi connectivity index (χ3n) is 3.04. The highest BCUT2D eigenvalue weighted by molar-refractivity contribution is 14.1. The Balaban J connectivity index is 2.06. The molecular weight excluding hydrogens is 337 g/mol. The molecule has 96 valence electrons. The molecule has 0 aliphatic rings. The minimum absolute atomic E-state index is 0.808. The van der Waals surface area contributed by atoms with Gasteiger partial charge < -0.3 is 5.32 Å². The van der Waals surface area contributed by atoms with Gasteiger partial charge in [-0.05, 0) is 59.7 Å². The fraction of sp³-hybridized carbons (Fsp3) is 0.357. The summed E-state index contributed by atoms with van der Waals surface area (Å²) in [7, 11) is 2.00. The van der Waals surface area contributed by atoms with Gasteiger partial charge in [0.2, 0.25) is 0 Å². The van der Waals surface area contributed by atoms with Crippen molar-refractivity contribution in [2.24, 2.45) is 7.05 Å². The zero-order chi connectivity index (χ0) is 13.1. The van der Waals surface area contributed by atoms with Gasteiger partial charge in [-0.25, -0.2) is 0 Å². The molecule has 0 saturated carbocycles. The Morgan fingerprint density at radius 2 is 2.11 bits per heavy atom. The van der Waals surface area contributed by atoms with Crippen molar-refractivity contribution in [2.45, 2.75) is 26.8 Å². The fourth-order valence-corrected chi connectivity index (χ4v) is 2.32. The first-order valence-electron chi connectivity index (χ1n) is 6.12. The molecule has 1 heterocycles. The molecule has 2 rings (SSSR count). The molecule has 0 atom stereocenters. The average Bonchev–Trinajstić information content (AvgIpc) is 2.72. The molecule has 0 saturated heterocycles. The summed E-state index contributed by atoms with van der Waals surface area (Å²) in [5.74, 6) is 0. The summed E-state index contributed by atoms with van der Waals surface area (Å²) < 4.78 is 3.24. The topological polar surface area (TPSA) is 29.9 Å². The first-order chi connectivity index (χ1) is 8.60. The molecule has 0 aliphatic carbocycles. The molecule has 1 N–H and O–H groups in total. The van der Waals surface area contributed by atoms with E-state index in [1.54, 1.807) is 0 Å². The number of rotatable bonds is 4. The van der Waals surface area contributed by atoms with Crippen molar-refractivity contribution in [3.05, 3.63) is 44.8 Å². The highest BCUT2D eigenvalue weighted by Gasteiger charge is 2.04. The minimum Gasteiger partial charge on any atom is -0.379 e. The van der Waals surface area contributed by atoms with E-state index in [9.17, 15) is 0 Å². The van der Waals surface area contributed by atoms with Crippen molar-refractivity contribution >= 4 is 28.3 Å². The van der Waals surface area contributed by atoms with E-state index >= 15 is 0 Å². The van der Waals surface area contributed by atoms with Crippen LogP contribution in [-0.4, -0.2) is 9.78 Å². The summed E-state index contributed by atoms with van der Waals surface area (Å²) in [4.78, 5) is 0. The van der Waals surface area contributed by atoms with Gasteiger partial charge in [-0.2, -0.15) is 5.10 Å². The first kappa shape index (κ1) is 13.4. The Labute approximate surface area is 122 Å². The lowest BCUT2D eigenvalue weighted by molar-refractivity contribution is 0.707. The average molecular weight is 355 g/mol. The third-order valence-corrected chi connectivity index (χ3v) is 4.20. The van der Waals surface area contributed by atoms with Crippen molar-refractivity contribution in [3.63, 3.8) is 0 Å². The Morgan fingerprint density at radius 3 is 2.72 bits per heavy atom. The maximum Gasteiger partial charge on any atom is 0.0625 e. The Hall–Kier alpha value is -1.04. The van der Waals surface area contributed by atoms with Crippen molar-refractivity contribution in [2.75, 3.05) is 5.32 Å². The predicted octanol–water partition coefficient (Wildman–Crippen LogP) is 3.51. The van der Waals surface area contributed by atoms with Crippen LogP contribution in [0.3, 0.4) is 0 Å². The van der Waals surface area contributed by atoms with Crippen LogP contribution in [0.5, 0.6) is 0 Å². The second-order valence-corrected chi connectivity index (χ2v) is 5.58. The standard InChI is InChI=1S/C14H18IN3/c1-4-11-7-13(18(3)17-11)9-16-12-6-5-10(2)14(15)8-12/h5-8,16H,4,9H2,1-3H3. The van der Waals surface area contributed by atoms with E-state index in [1.165, 1.54) is 14.8 Å². The maximum atomic E-state index is 4.45. The van der Waals surface area contributed by atoms with E-state index in [4.69, 9.17) is 0 Å². The molecule has 3 nitrogen and oxygen atoms in total. The third kappa shape index (κ3) is 3.04. The first-order valence-corrected chi connectivity index (χ1v) is 7.20. The van der Waals surface area contributed by atoms with Gasteiger partial charge in [0.05, 0.1) is 17.9 Å². The number of nitrogens with one attached hydrogen (secondary N) is 1. The van der Waals surface area contributed by atoms with Gasteiger partial charge in [0, 0.05) is 16.3 Å². The van der Waals surface area contributed by atoms with Crippen LogP contribution in [-0.2, 0) is 20.0 Å². The highest BCUT2D eigenvalue weighted by Crippen LogP contribution is 2.17. The Morgan fingerprint density at radius 1 is 1.33 bits per heavy atom. The molecule has 1 aromatic carbocycles. The normalized spacial score (nSPS) is 10.7. The van der Waals surface area contributed by atoms with Crippen molar-refractivity contribution in [3.8, 4) is 0 Å². The van der Waals surface area contributed by atoms with E-state index in [-0.39, 0.29) is 0 Å². The molecular formula is C14H18IN3. The summed E-state index contributed by atoms with van der Waals surface area (Å²) in [6.45, 7) is 5.06. The molecule has 4 heteroatoms. The maximum absolute atomic E-state index is 4.45. The number of aryl methyl sites for hydroxylation is 3. The van der Waals surface area contributed by atoms with Crippen LogP contribution in [0.15, 0.2) is 24.3 Å². The lowest BCUT2D eigenvalue weighted by Gasteiger charge is -2.08. The number of anilines is 1. The van der Waals surface area contributed by atoms with Crippen LogP contribution in [0.1, 0.15) is 23.9 Å². The Bertz CT molecular complexity index is 546. The van der Waals surface area contributed by atoms with Crippen molar-refractivity contribution in [1.82, 2.24) is 9.78 Å². The Kier molecular flexibility index (Phi) is 4.27. The smallest absolute Gasteiger partial charge is 0.0625 e. The van der Waals surface area contributed by atoms with Crippen LogP contribution in [0, 0.1) is 10.5 Å². The summed E-state index contributed by atoms with van der Waals surface area (Å²) in [6.07, 6.45) is 0.982. The number of nitrogens with zero attached hydrogens (tertiary/aromatic N) is 2. The summed E-state index contributed by atoms with van der Waals surface area (Å²) in [5, 5.41) is 7.89. The number of aromatic nitrogens is 2. The number of halogens is 1. The van der Waals surface area contributed by atoms with Gasteiger partial charge in [0.1, 0.15) is 0 Å². The van der Waals surface area contributed by atoms with Gasteiger partial charge in [-0.1, -0.05) is 13.0 Å². The monoisotopic (exact) mass is 355 g/mol. The van der Waals surface area contributed by atoms with Crippen LogP contribution in [0.25, 0.3) is 0 Å². The lowest BCUT2D eigenvalue weighted by Crippen LogP contribution is -2.05. The minimum atomic E-state index is 0.808. The molecule has 1 aromatic heterocycles. The fourth-order valence-electron chi connectivity index (χ4n) is 1.81. The zero-order valence-electron chi connectivity index (χ0n) is 11.0. The number of hydrogen-bond donors (Lipinski definition) is 1. The van der Waals surface area contributed by atoms with E-state index in [0.29, 0.717) is 0 Å².